The molecular formula is C17H27ClN2O2. The van der Waals surface area contributed by atoms with Crippen molar-refractivity contribution in [2.24, 2.45) is 5.92 Å². The number of nitrogens with zero attached hydrogens (tertiary/aromatic N) is 1. The number of ether oxygens (including phenoxy) is 2. The normalized spacial score (nSPS) is 20.4. The molecule has 0 radical (unpaired) electrons. The van der Waals surface area contributed by atoms with Crippen LogP contribution in [0, 0.1) is 5.92 Å². The summed E-state index contributed by atoms with van der Waals surface area (Å²) >= 11 is 0. The summed E-state index contributed by atoms with van der Waals surface area (Å²) in [5.41, 5.74) is 1.33. The van der Waals surface area contributed by atoms with Crippen LogP contribution in [0.3, 0.4) is 0 Å². The molecule has 1 N–H and O–H groups in total. The van der Waals surface area contributed by atoms with Gasteiger partial charge in [-0.1, -0.05) is 12.1 Å². The largest absolute Gasteiger partial charge is 0.493 e. The van der Waals surface area contributed by atoms with Crippen LogP contribution in [0.5, 0.6) is 5.75 Å². The van der Waals surface area contributed by atoms with Gasteiger partial charge in [-0.25, -0.2) is 0 Å². The van der Waals surface area contributed by atoms with E-state index in [-0.39, 0.29) is 12.4 Å². The van der Waals surface area contributed by atoms with Crippen LogP contribution in [0.1, 0.15) is 18.4 Å². The molecule has 2 aliphatic heterocycles. The predicted octanol–water partition coefficient (Wildman–Crippen LogP) is 2.32. The van der Waals surface area contributed by atoms with Crippen LogP contribution in [-0.2, 0) is 11.3 Å². The summed E-state index contributed by atoms with van der Waals surface area (Å²) in [5.74, 6) is 1.72. The van der Waals surface area contributed by atoms with Crippen LogP contribution in [0.15, 0.2) is 24.3 Å². The molecular weight excluding hydrogens is 300 g/mol. The third-order valence-electron chi connectivity index (χ3n) is 4.35. The fraction of sp³-hybridized carbons (Fsp3) is 0.647. The van der Waals surface area contributed by atoms with Gasteiger partial charge in [0.1, 0.15) is 5.75 Å². The molecule has 2 aliphatic rings. The van der Waals surface area contributed by atoms with Crippen molar-refractivity contribution in [3.63, 3.8) is 0 Å². The van der Waals surface area contributed by atoms with Gasteiger partial charge in [0.2, 0.25) is 0 Å². The lowest BCUT2D eigenvalue weighted by Gasteiger charge is -2.26. The van der Waals surface area contributed by atoms with E-state index in [0.29, 0.717) is 5.92 Å². The molecule has 1 aromatic rings. The van der Waals surface area contributed by atoms with Gasteiger partial charge in [0.05, 0.1) is 19.8 Å². The molecule has 0 saturated carbocycles. The molecule has 0 unspecified atom stereocenters. The van der Waals surface area contributed by atoms with Gasteiger partial charge in [-0.3, -0.25) is 4.90 Å². The summed E-state index contributed by atoms with van der Waals surface area (Å²) in [6.07, 6.45) is 2.46. The van der Waals surface area contributed by atoms with Gasteiger partial charge >= 0.3 is 0 Å². The minimum atomic E-state index is 0. The van der Waals surface area contributed by atoms with Crippen molar-refractivity contribution in [3.8, 4) is 5.75 Å². The molecule has 0 aliphatic carbocycles. The third kappa shape index (κ3) is 5.43. The van der Waals surface area contributed by atoms with Crippen LogP contribution in [0.25, 0.3) is 0 Å². The zero-order valence-electron chi connectivity index (χ0n) is 13.1. The number of nitrogens with one attached hydrogen (secondary N) is 1. The zero-order chi connectivity index (χ0) is 14.3. The molecule has 0 spiro atoms. The average molecular weight is 327 g/mol. The number of benzene rings is 1. The van der Waals surface area contributed by atoms with E-state index in [4.69, 9.17) is 9.47 Å². The first-order chi connectivity index (χ1) is 10.4. The first-order valence-electron chi connectivity index (χ1n) is 8.13. The second-order valence-corrected chi connectivity index (χ2v) is 6.04. The number of hydrogen-bond donors (Lipinski definition) is 1. The smallest absolute Gasteiger partial charge is 0.119 e. The van der Waals surface area contributed by atoms with E-state index in [1.165, 1.54) is 18.4 Å². The van der Waals surface area contributed by atoms with E-state index in [2.05, 4.69) is 34.5 Å². The van der Waals surface area contributed by atoms with E-state index < -0.39 is 0 Å². The first kappa shape index (κ1) is 17.5. The Morgan fingerprint density at radius 2 is 1.95 bits per heavy atom. The van der Waals surface area contributed by atoms with Gasteiger partial charge in [0.25, 0.3) is 0 Å². The number of piperidine rings is 1. The highest BCUT2D eigenvalue weighted by atomic mass is 35.5. The van der Waals surface area contributed by atoms with Crippen molar-refractivity contribution in [2.75, 3.05) is 46.0 Å². The predicted molar refractivity (Wildman–Crippen MR) is 90.9 cm³/mol. The molecule has 0 bridgehead atoms. The lowest BCUT2D eigenvalue weighted by Crippen LogP contribution is -2.35. The van der Waals surface area contributed by atoms with E-state index >= 15 is 0 Å². The molecule has 124 valence electrons. The van der Waals surface area contributed by atoms with Crippen LogP contribution < -0.4 is 10.1 Å². The summed E-state index contributed by atoms with van der Waals surface area (Å²) in [7, 11) is 0. The van der Waals surface area contributed by atoms with E-state index in [0.717, 1.165) is 58.3 Å². The molecule has 4 nitrogen and oxygen atoms in total. The fourth-order valence-corrected chi connectivity index (χ4v) is 3.01. The van der Waals surface area contributed by atoms with Crippen LogP contribution in [0.2, 0.25) is 0 Å². The SMILES string of the molecule is Cl.c1cc(CN2CCOCC2)cc(OCC2CCNCC2)c1. The quantitative estimate of drug-likeness (QED) is 0.900. The number of morpholine rings is 1. The maximum absolute atomic E-state index is 6.00. The Labute approximate surface area is 139 Å². The van der Waals surface area contributed by atoms with Gasteiger partial charge in [0, 0.05) is 19.6 Å². The molecule has 0 aromatic heterocycles. The van der Waals surface area contributed by atoms with Gasteiger partial charge in [-0.15, -0.1) is 12.4 Å². The van der Waals surface area contributed by atoms with Crippen molar-refractivity contribution in [1.82, 2.24) is 10.2 Å². The minimum Gasteiger partial charge on any atom is -0.493 e. The van der Waals surface area contributed by atoms with Crippen LogP contribution in [0.4, 0.5) is 0 Å². The van der Waals surface area contributed by atoms with Gasteiger partial charge in [0.15, 0.2) is 0 Å². The molecule has 5 heteroatoms. The molecule has 3 rings (SSSR count). The highest BCUT2D eigenvalue weighted by Gasteiger charge is 2.14. The van der Waals surface area contributed by atoms with Crippen molar-refractivity contribution >= 4 is 12.4 Å². The first-order valence-corrected chi connectivity index (χ1v) is 8.13. The van der Waals surface area contributed by atoms with Crippen molar-refractivity contribution in [1.29, 1.82) is 0 Å². The Balaban J connectivity index is 0.00000176. The standard InChI is InChI=1S/C17H26N2O2.ClH/c1-2-16(13-19-8-10-20-11-9-19)12-17(3-1)21-14-15-4-6-18-7-5-15;/h1-3,12,15,18H,4-11,13-14H2;1H. The molecule has 2 heterocycles. The lowest BCUT2D eigenvalue weighted by atomic mass is 9.99. The molecule has 2 saturated heterocycles. The zero-order valence-corrected chi connectivity index (χ0v) is 13.9. The lowest BCUT2D eigenvalue weighted by molar-refractivity contribution is 0.0341. The van der Waals surface area contributed by atoms with Crippen molar-refractivity contribution in [2.45, 2.75) is 19.4 Å². The molecule has 2 fully saturated rings. The van der Waals surface area contributed by atoms with Crippen LogP contribution in [-0.4, -0.2) is 50.9 Å². The fourth-order valence-electron chi connectivity index (χ4n) is 3.01. The molecule has 22 heavy (non-hydrogen) atoms. The van der Waals surface area contributed by atoms with Gasteiger partial charge < -0.3 is 14.8 Å². The van der Waals surface area contributed by atoms with E-state index in [9.17, 15) is 0 Å². The van der Waals surface area contributed by atoms with Gasteiger partial charge in [-0.05, 0) is 49.5 Å². The van der Waals surface area contributed by atoms with Crippen molar-refractivity contribution < 1.29 is 9.47 Å². The van der Waals surface area contributed by atoms with Gasteiger partial charge in [-0.2, -0.15) is 0 Å². The summed E-state index contributed by atoms with van der Waals surface area (Å²) in [4.78, 5) is 2.44. The summed E-state index contributed by atoms with van der Waals surface area (Å²) in [6, 6.07) is 8.56. The average Bonchev–Trinajstić information content (AvgIpc) is 2.55. The highest BCUT2D eigenvalue weighted by Crippen LogP contribution is 2.18. The summed E-state index contributed by atoms with van der Waals surface area (Å²) < 4.78 is 11.4. The number of halogens is 1. The Morgan fingerprint density at radius 1 is 1.18 bits per heavy atom. The maximum atomic E-state index is 6.00. The third-order valence-corrected chi connectivity index (χ3v) is 4.35. The number of rotatable bonds is 5. The second kappa shape index (κ2) is 9.36. The second-order valence-electron chi connectivity index (χ2n) is 6.04. The van der Waals surface area contributed by atoms with E-state index in [1.54, 1.807) is 0 Å². The molecule has 0 amide bonds. The molecule has 1 aromatic carbocycles. The van der Waals surface area contributed by atoms with E-state index in [1.807, 2.05) is 0 Å². The monoisotopic (exact) mass is 326 g/mol. The topological polar surface area (TPSA) is 33.7 Å². The summed E-state index contributed by atoms with van der Waals surface area (Å²) in [6.45, 7) is 7.87. The Hall–Kier alpha value is -0.810. The Morgan fingerprint density at radius 3 is 2.73 bits per heavy atom. The minimum absolute atomic E-state index is 0. The maximum Gasteiger partial charge on any atom is 0.119 e. The van der Waals surface area contributed by atoms with Crippen molar-refractivity contribution in [3.05, 3.63) is 29.8 Å². The summed E-state index contributed by atoms with van der Waals surface area (Å²) in [5, 5.41) is 3.40. The molecule has 0 atom stereocenters. The Kier molecular flexibility index (Phi) is 7.46. The highest BCUT2D eigenvalue weighted by molar-refractivity contribution is 5.85. The number of hydrogen-bond acceptors (Lipinski definition) is 4. The van der Waals surface area contributed by atoms with Crippen LogP contribution >= 0.6 is 12.4 Å². The Bertz CT molecular complexity index is 432.